The van der Waals surface area contributed by atoms with Gasteiger partial charge in [-0.25, -0.2) is 13.8 Å². The van der Waals surface area contributed by atoms with E-state index >= 15 is 4.39 Å². The highest BCUT2D eigenvalue weighted by atomic mass is 19.1. The van der Waals surface area contributed by atoms with Crippen LogP contribution in [0.3, 0.4) is 0 Å². The third-order valence-electron chi connectivity index (χ3n) is 8.15. The first-order valence-corrected chi connectivity index (χ1v) is 15.3. The predicted molar refractivity (Wildman–Crippen MR) is 171 cm³/mol. The molecule has 1 N–H and O–H groups in total. The van der Waals surface area contributed by atoms with Crippen LogP contribution < -0.4 is 25.2 Å². The van der Waals surface area contributed by atoms with Gasteiger partial charge in [-0.1, -0.05) is 6.42 Å². The predicted octanol–water partition coefficient (Wildman–Crippen LogP) is 6.07. The summed E-state index contributed by atoms with van der Waals surface area (Å²) in [7, 11) is 3.05. The van der Waals surface area contributed by atoms with Crippen molar-refractivity contribution in [3.8, 4) is 28.9 Å². The molecule has 240 valence electrons. The van der Waals surface area contributed by atoms with Gasteiger partial charge in [-0.05, 0) is 69.6 Å². The highest BCUT2D eigenvalue weighted by Crippen LogP contribution is 2.38. The van der Waals surface area contributed by atoms with Crippen molar-refractivity contribution in [2.75, 3.05) is 38.7 Å². The highest BCUT2D eigenvalue weighted by Gasteiger charge is 2.23. The van der Waals surface area contributed by atoms with Crippen LogP contribution in [0.1, 0.15) is 41.9 Å². The van der Waals surface area contributed by atoms with Crippen LogP contribution in [0.5, 0.6) is 23.0 Å². The number of carbonyl (C=O) groups excluding carboxylic acids is 1. The van der Waals surface area contributed by atoms with Gasteiger partial charge in [-0.3, -0.25) is 14.3 Å². The second kappa shape index (κ2) is 13.5. The minimum atomic E-state index is -0.692. The zero-order valence-corrected chi connectivity index (χ0v) is 26.0. The molecule has 1 fully saturated rings. The number of likely N-dealkylation sites (tertiary alicyclic amines) is 1. The summed E-state index contributed by atoms with van der Waals surface area (Å²) < 4.78 is 40.8. The molecule has 4 heterocycles. The number of furan rings is 1. The molecule has 0 saturated carbocycles. The Kier molecular flexibility index (Phi) is 9.06. The molecule has 3 aromatic heterocycles. The molecule has 1 amide bonds. The first kappa shape index (κ1) is 30.9. The maximum Gasteiger partial charge on any atom is 0.335 e. The van der Waals surface area contributed by atoms with E-state index in [0.29, 0.717) is 40.5 Å². The van der Waals surface area contributed by atoms with Crippen molar-refractivity contribution in [3.63, 3.8) is 0 Å². The Labute approximate surface area is 265 Å². The van der Waals surface area contributed by atoms with Crippen molar-refractivity contribution in [2.24, 2.45) is 7.05 Å². The number of hydrogen-bond donors (Lipinski definition) is 1. The Morgan fingerprint density at radius 3 is 2.61 bits per heavy atom. The molecule has 5 aromatic rings. The number of ether oxygens (including phenoxy) is 3. The van der Waals surface area contributed by atoms with Gasteiger partial charge >= 0.3 is 5.69 Å². The van der Waals surface area contributed by atoms with Crippen LogP contribution >= 0.6 is 0 Å². The van der Waals surface area contributed by atoms with E-state index in [1.807, 2.05) is 0 Å². The summed E-state index contributed by atoms with van der Waals surface area (Å²) in [6.07, 6.45) is 7.75. The van der Waals surface area contributed by atoms with Crippen molar-refractivity contribution in [2.45, 2.75) is 32.6 Å². The zero-order valence-electron chi connectivity index (χ0n) is 26.0. The topological polar surface area (TPSA) is 113 Å². The van der Waals surface area contributed by atoms with Gasteiger partial charge in [-0.2, -0.15) is 0 Å². The van der Waals surface area contributed by atoms with Crippen LogP contribution in [0.4, 0.5) is 10.1 Å². The van der Waals surface area contributed by atoms with Crippen molar-refractivity contribution in [3.05, 3.63) is 88.7 Å². The lowest BCUT2D eigenvalue weighted by atomic mass is 10.1. The summed E-state index contributed by atoms with van der Waals surface area (Å²) in [6, 6.07) is 12.6. The van der Waals surface area contributed by atoms with Gasteiger partial charge in [0.1, 0.15) is 11.4 Å². The Morgan fingerprint density at radius 1 is 1.04 bits per heavy atom. The monoisotopic (exact) mass is 629 g/mol. The quantitative estimate of drug-likeness (QED) is 0.175. The van der Waals surface area contributed by atoms with Gasteiger partial charge < -0.3 is 28.8 Å². The summed E-state index contributed by atoms with van der Waals surface area (Å²) >= 11 is 0. The number of halogens is 1. The Morgan fingerprint density at radius 2 is 1.87 bits per heavy atom. The second-order valence-corrected chi connectivity index (χ2v) is 11.2. The molecular weight excluding hydrogens is 593 g/mol. The van der Waals surface area contributed by atoms with Crippen molar-refractivity contribution >= 4 is 22.5 Å². The van der Waals surface area contributed by atoms with E-state index in [9.17, 15) is 9.59 Å². The standard InChI is InChI=1S/C34H36FN5O6/c1-22-32(38(2)34(42)40(22)31-9-7-17-45-31)33(41)37-23-10-11-28(25(35)19-23)46-27-12-13-36-26-21-30(29(43-3)20-24(26)27)44-18-8-16-39-14-5-4-6-15-39/h7,9-13,17,19-21H,4-6,8,14-16,18H2,1-3H3,(H,37,41). The van der Waals surface area contributed by atoms with Gasteiger partial charge in [0.15, 0.2) is 23.1 Å². The minimum absolute atomic E-state index is 0.0462. The number of fused-ring (bicyclic) bond motifs is 1. The Hall–Kier alpha value is -5.10. The lowest BCUT2D eigenvalue weighted by molar-refractivity contribution is 0.101. The van der Waals surface area contributed by atoms with E-state index in [0.717, 1.165) is 32.1 Å². The summed E-state index contributed by atoms with van der Waals surface area (Å²) in [5.74, 6) is 0.451. The molecule has 11 nitrogen and oxygen atoms in total. The number of nitrogens with zero attached hydrogens (tertiary/aromatic N) is 4. The van der Waals surface area contributed by atoms with Crippen LogP contribution in [0, 0.1) is 12.7 Å². The first-order valence-electron chi connectivity index (χ1n) is 15.3. The summed E-state index contributed by atoms with van der Waals surface area (Å²) in [5.41, 5.74) is 0.850. The molecular formula is C34H36FN5O6. The molecule has 46 heavy (non-hydrogen) atoms. The normalized spacial score (nSPS) is 13.6. The van der Waals surface area contributed by atoms with Crippen molar-refractivity contribution in [1.29, 1.82) is 0 Å². The number of benzene rings is 2. The summed E-state index contributed by atoms with van der Waals surface area (Å²) in [4.78, 5) is 32.9. The number of amides is 1. The Balaban J connectivity index is 1.16. The molecule has 1 aliphatic heterocycles. The minimum Gasteiger partial charge on any atom is -0.493 e. The number of methoxy groups -OCH3 is 1. The number of piperidine rings is 1. The third-order valence-corrected chi connectivity index (χ3v) is 8.15. The maximum atomic E-state index is 15.3. The van der Waals surface area contributed by atoms with Gasteiger partial charge in [0.2, 0.25) is 5.88 Å². The number of anilines is 1. The van der Waals surface area contributed by atoms with E-state index in [1.165, 1.54) is 53.8 Å². The van der Waals surface area contributed by atoms with E-state index in [4.69, 9.17) is 18.6 Å². The van der Waals surface area contributed by atoms with Crippen LogP contribution in [0.15, 0.2) is 70.2 Å². The fourth-order valence-electron chi connectivity index (χ4n) is 5.82. The molecule has 1 saturated heterocycles. The molecule has 0 unspecified atom stereocenters. The molecule has 0 radical (unpaired) electrons. The number of carbonyl (C=O) groups is 1. The van der Waals surface area contributed by atoms with E-state index in [2.05, 4.69) is 15.2 Å². The summed E-state index contributed by atoms with van der Waals surface area (Å²) in [6.45, 7) is 5.48. The molecule has 0 aliphatic carbocycles. The van der Waals surface area contributed by atoms with Crippen LogP contribution in [-0.4, -0.2) is 58.3 Å². The highest BCUT2D eigenvalue weighted by molar-refractivity contribution is 6.04. The smallest absolute Gasteiger partial charge is 0.335 e. The lowest BCUT2D eigenvalue weighted by Crippen LogP contribution is -2.31. The number of aromatic nitrogens is 3. The molecule has 0 spiro atoms. The van der Waals surface area contributed by atoms with Crippen LogP contribution in [0.2, 0.25) is 0 Å². The average Bonchev–Trinajstić information content (AvgIpc) is 3.66. The molecule has 1 aliphatic rings. The SMILES string of the molecule is COc1cc2c(Oc3ccc(NC(=O)c4c(C)n(-c5ccco5)c(=O)n4C)cc3F)ccnc2cc1OCCCN1CCCCC1. The van der Waals surface area contributed by atoms with Crippen molar-refractivity contribution < 1.29 is 27.8 Å². The first-order chi connectivity index (χ1) is 22.3. The largest absolute Gasteiger partial charge is 0.493 e. The van der Waals surface area contributed by atoms with Gasteiger partial charge in [-0.15, -0.1) is 0 Å². The molecule has 0 atom stereocenters. The number of hydrogen-bond acceptors (Lipinski definition) is 8. The number of nitrogens with one attached hydrogen (secondary N) is 1. The third kappa shape index (κ3) is 6.34. The van der Waals surface area contributed by atoms with Crippen LogP contribution in [-0.2, 0) is 7.05 Å². The maximum absolute atomic E-state index is 15.3. The number of rotatable bonds is 11. The summed E-state index contributed by atoms with van der Waals surface area (Å²) in [5, 5.41) is 3.29. The van der Waals surface area contributed by atoms with Gasteiger partial charge in [0.05, 0.1) is 31.2 Å². The van der Waals surface area contributed by atoms with Gasteiger partial charge in [0.25, 0.3) is 5.91 Å². The lowest BCUT2D eigenvalue weighted by Gasteiger charge is -2.26. The van der Waals surface area contributed by atoms with E-state index < -0.39 is 17.4 Å². The molecule has 2 aromatic carbocycles. The van der Waals surface area contributed by atoms with E-state index in [1.54, 1.807) is 50.6 Å². The van der Waals surface area contributed by atoms with Crippen molar-refractivity contribution in [1.82, 2.24) is 19.0 Å². The molecule has 6 rings (SSSR count). The Bertz CT molecular complexity index is 1910. The molecule has 12 heteroatoms. The molecule has 0 bridgehead atoms. The number of pyridine rings is 1. The van der Waals surface area contributed by atoms with Gasteiger partial charge in [0, 0.05) is 49.1 Å². The zero-order chi connectivity index (χ0) is 32.2. The fourth-order valence-corrected chi connectivity index (χ4v) is 5.82. The second-order valence-electron chi connectivity index (χ2n) is 11.2. The van der Waals surface area contributed by atoms with Crippen LogP contribution in [0.25, 0.3) is 16.8 Å². The average molecular weight is 630 g/mol. The van der Waals surface area contributed by atoms with E-state index in [-0.39, 0.29) is 23.0 Å². The number of imidazole rings is 1. The fraction of sp³-hybridized carbons (Fsp3) is 0.324.